The van der Waals surface area contributed by atoms with Gasteiger partial charge in [0.1, 0.15) is 5.82 Å². The first-order valence-electron chi connectivity index (χ1n) is 6.86. The zero-order chi connectivity index (χ0) is 14.0. The van der Waals surface area contributed by atoms with Crippen LogP contribution < -0.4 is 9.62 Å². The monoisotopic (exact) mass is 297 g/mol. The Kier molecular flexibility index (Phi) is 3.91. The maximum atomic E-state index is 12.0. The van der Waals surface area contributed by atoms with Crippen LogP contribution in [-0.2, 0) is 14.8 Å². The van der Waals surface area contributed by atoms with Gasteiger partial charge in [0.05, 0.1) is 18.4 Å². The summed E-state index contributed by atoms with van der Waals surface area (Å²) < 4.78 is 32.0. The molecule has 1 aromatic rings. The summed E-state index contributed by atoms with van der Waals surface area (Å²) in [4.78, 5) is 6.31. The average molecular weight is 297 g/mol. The van der Waals surface area contributed by atoms with Crippen molar-refractivity contribution in [2.75, 3.05) is 37.0 Å². The summed E-state index contributed by atoms with van der Waals surface area (Å²) in [5.74, 6) is 1.21. The summed E-state index contributed by atoms with van der Waals surface area (Å²) in [5, 5.41) is 0. The second kappa shape index (κ2) is 5.67. The highest BCUT2D eigenvalue weighted by molar-refractivity contribution is 7.89. The van der Waals surface area contributed by atoms with E-state index in [0.717, 1.165) is 12.2 Å². The summed E-state index contributed by atoms with van der Waals surface area (Å²) in [6, 6.07) is 5.72. The van der Waals surface area contributed by atoms with Crippen molar-refractivity contribution in [3.05, 3.63) is 24.4 Å². The lowest BCUT2D eigenvalue weighted by Crippen LogP contribution is -2.60. The molecule has 1 unspecified atom stereocenters. The second-order valence-electron chi connectivity index (χ2n) is 5.42. The molecule has 0 bridgehead atoms. The van der Waals surface area contributed by atoms with Crippen LogP contribution in [0.25, 0.3) is 0 Å². The first kappa shape index (κ1) is 13.8. The molecule has 2 fully saturated rings. The van der Waals surface area contributed by atoms with Crippen molar-refractivity contribution in [3.63, 3.8) is 0 Å². The van der Waals surface area contributed by atoms with E-state index in [-0.39, 0.29) is 17.7 Å². The zero-order valence-electron chi connectivity index (χ0n) is 11.2. The molecular weight excluding hydrogens is 278 g/mol. The van der Waals surface area contributed by atoms with Crippen molar-refractivity contribution in [1.29, 1.82) is 0 Å². The minimum Gasteiger partial charge on any atom is -0.381 e. The molecule has 0 aromatic carbocycles. The third kappa shape index (κ3) is 3.28. The van der Waals surface area contributed by atoms with Gasteiger partial charge in [-0.15, -0.1) is 0 Å². The lowest BCUT2D eigenvalue weighted by molar-refractivity contribution is 0.188. The van der Waals surface area contributed by atoms with Crippen LogP contribution in [0.3, 0.4) is 0 Å². The van der Waals surface area contributed by atoms with Gasteiger partial charge in [0.15, 0.2) is 0 Å². The maximum Gasteiger partial charge on any atom is 0.212 e. The molecule has 7 heteroatoms. The Morgan fingerprint density at radius 3 is 2.90 bits per heavy atom. The van der Waals surface area contributed by atoms with Crippen molar-refractivity contribution in [2.45, 2.75) is 12.5 Å². The molecule has 2 saturated heterocycles. The van der Waals surface area contributed by atoms with Crippen LogP contribution in [0, 0.1) is 5.92 Å². The number of nitrogens with one attached hydrogen (secondary N) is 1. The SMILES string of the molecule is O=S(=O)(CC1CCOC1)NC1CN(c2ccccn2)C1. The maximum absolute atomic E-state index is 12.0. The second-order valence-corrected chi connectivity index (χ2v) is 7.22. The van der Waals surface area contributed by atoms with E-state index in [0.29, 0.717) is 26.3 Å². The molecule has 3 rings (SSSR count). The Bertz CT molecular complexity index is 537. The van der Waals surface area contributed by atoms with Gasteiger partial charge in [0, 0.05) is 25.9 Å². The normalized spacial score (nSPS) is 23.8. The fraction of sp³-hybridized carbons (Fsp3) is 0.615. The minimum atomic E-state index is -3.21. The van der Waals surface area contributed by atoms with Gasteiger partial charge < -0.3 is 9.64 Å². The first-order valence-corrected chi connectivity index (χ1v) is 8.51. The number of aromatic nitrogens is 1. The number of nitrogens with zero attached hydrogens (tertiary/aromatic N) is 2. The summed E-state index contributed by atoms with van der Waals surface area (Å²) in [7, 11) is -3.21. The standard InChI is InChI=1S/C13H19N3O3S/c17-20(18,10-11-4-6-19-9-11)15-12-7-16(8-12)13-3-1-2-5-14-13/h1-3,5,11-12,15H,4,6-10H2. The van der Waals surface area contributed by atoms with E-state index in [1.807, 2.05) is 18.2 Å². The van der Waals surface area contributed by atoms with E-state index in [1.54, 1.807) is 6.20 Å². The largest absolute Gasteiger partial charge is 0.381 e. The van der Waals surface area contributed by atoms with E-state index >= 15 is 0 Å². The highest BCUT2D eigenvalue weighted by Crippen LogP contribution is 2.19. The van der Waals surface area contributed by atoms with Gasteiger partial charge in [0.2, 0.25) is 10.0 Å². The van der Waals surface area contributed by atoms with Crippen LogP contribution in [0.5, 0.6) is 0 Å². The van der Waals surface area contributed by atoms with Crippen LogP contribution in [0.4, 0.5) is 5.82 Å². The van der Waals surface area contributed by atoms with E-state index in [1.165, 1.54) is 0 Å². The fourth-order valence-corrected chi connectivity index (χ4v) is 4.24. The predicted octanol–water partition coefficient (Wildman–Crippen LogP) is 0.226. The lowest BCUT2D eigenvalue weighted by atomic mass is 10.1. The molecule has 20 heavy (non-hydrogen) atoms. The molecule has 1 N–H and O–H groups in total. The minimum absolute atomic E-state index is 0.00988. The Balaban J connectivity index is 1.48. The summed E-state index contributed by atoms with van der Waals surface area (Å²) in [6.45, 7) is 2.59. The highest BCUT2D eigenvalue weighted by atomic mass is 32.2. The van der Waals surface area contributed by atoms with E-state index in [4.69, 9.17) is 4.74 Å². The smallest absolute Gasteiger partial charge is 0.212 e. The molecule has 1 atom stereocenters. The molecule has 2 aliphatic rings. The van der Waals surface area contributed by atoms with Crippen LogP contribution in [0.2, 0.25) is 0 Å². The van der Waals surface area contributed by atoms with Crippen LogP contribution >= 0.6 is 0 Å². The third-order valence-electron chi connectivity index (χ3n) is 3.68. The molecule has 1 aromatic heterocycles. The number of anilines is 1. The van der Waals surface area contributed by atoms with Gasteiger partial charge in [0.25, 0.3) is 0 Å². The van der Waals surface area contributed by atoms with Gasteiger partial charge in [-0.25, -0.2) is 18.1 Å². The van der Waals surface area contributed by atoms with Gasteiger partial charge in [-0.1, -0.05) is 6.07 Å². The lowest BCUT2D eigenvalue weighted by Gasteiger charge is -2.40. The van der Waals surface area contributed by atoms with Crippen LogP contribution in [-0.4, -0.2) is 51.5 Å². The number of pyridine rings is 1. The van der Waals surface area contributed by atoms with Gasteiger partial charge in [-0.05, 0) is 24.5 Å². The van der Waals surface area contributed by atoms with E-state index in [9.17, 15) is 8.42 Å². The van der Waals surface area contributed by atoms with Crippen LogP contribution in [0.15, 0.2) is 24.4 Å². The van der Waals surface area contributed by atoms with Crippen molar-refractivity contribution < 1.29 is 13.2 Å². The zero-order valence-corrected chi connectivity index (χ0v) is 12.1. The fourth-order valence-electron chi connectivity index (χ4n) is 2.61. The third-order valence-corrected chi connectivity index (χ3v) is 5.28. The van der Waals surface area contributed by atoms with Gasteiger partial charge in [-0.3, -0.25) is 0 Å². The van der Waals surface area contributed by atoms with E-state index in [2.05, 4.69) is 14.6 Å². The summed E-state index contributed by atoms with van der Waals surface area (Å²) in [6.07, 6.45) is 2.58. The number of sulfonamides is 1. The summed E-state index contributed by atoms with van der Waals surface area (Å²) in [5.41, 5.74) is 0. The highest BCUT2D eigenvalue weighted by Gasteiger charge is 2.32. The molecule has 0 saturated carbocycles. The Labute approximate surface area is 119 Å². The predicted molar refractivity (Wildman–Crippen MR) is 76.1 cm³/mol. The van der Waals surface area contributed by atoms with Crippen LogP contribution in [0.1, 0.15) is 6.42 Å². The molecule has 0 radical (unpaired) electrons. The molecule has 6 nitrogen and oxygen atoms in total. The molecule has 0 aliphatic carbocycles. The number of hydrogen-bond donors (Lipinski definition) is 1. The van der Waals surface area contributed by atoms with Gasteiger partial charge >= 0.3 is 0 Å². The van der Waals surface area contributed by atoms with Gasteiger partial charge in [-0.2, -0.15) is 0 Å². The number of ether oxygens (including phenoxy) is 1. The number of hydrogen-bond acceptors (Lipinski definition) is 5. The average Bonchev–Trinajstić information content (AvgIpc) is 2.86. The molecule has 2 aliphatic heterocycles. The summed E-state index contributed by atoms with van der Waals surface area (Å²) >= 11 is 0. The van der Waals surface area contributed by atoms with Crippen molar-refractivity contribution >= 4 is 15.8 Å². The molecule has 3 heterocycles. The van der Waals surface area contributed by atoms with Crippen molar-refractivity contribution in [3.8, 4) is 0 Å². The molecule has 0 spiro atoms. The van der Waals surface area contributed by atoms with Crippen molar-refractivity contribution in [1.82, 2.24) is 9.71 Å². The quantitative estimate of drug-likeness (QED) is 0.842. The Morgan fingerprint density at radius 2 is 2.25 bits per heavy atom. The Hall–Kier alpha value is -1.18. The van der Waals surface area contributed by atoms with Crippen molar-refractivity contribution in [2.24, 2.45) is 5.92 Å². The molecule has 110 valence electrons. The molecule has 0 amide bonds. The van der Waals surface area contributed by atoms with E-state index < -0.39 is 10.0 Å². The topological polar surface area (TPSA) is 71.5 Å². The Morgan fingerprint density at radius 1 is 1.40 bits per heavy atom. The first-order chi connectivity index (χ1) is 9.62. The number of rotatable bonds is 5. The molecular formula is C13H19N3O3S.